The van der Waals surface area contributed by atoms with Gasteiger partial charge in [0.2, 0.25) is 0 Å². The summed E-state index contributed by atoms with van der Waals surface area (Å²) in [5.41, 5.74) is 0.830. The van der Waals surface area contributed by atoms with Gasteiger partial charge < -0.3 is 0 Å². The summed E-state index contributed by atoms with van der Waals surface area (Å²) in [6.07, 6.45) is 0.517. The number of nitro benzene ring substituents is 1. The van der Waals surface area contributed by atoms with Crippen LogP contribution in [0.1, 0.15) is 10.4 Å². The summed E-state index contributed by atoms with van der Waals surface area (Å²) in [5, 5.41) is 15.1. The predicted molar refractivity (Wildman–Crippen MR) is 86.0 cm³/mol. The van der Waals surface area contributed by atoms with Gasteiger partial charge in [-0.25, -0.2) is 9.07 Å². The Morgan fingerprint density at radius 2 is 1.96 bits per heavy atom. The van der Waals surface area contributed by atoms with E-state index in [1.54, 1.807) is 12.1 Å². The smallest absolute Gasteiger partial charge is 0.271 e. The second-order valence-corrected chi connectivity index (χ2v) is 5.23. The molecule has 3 aromatic rings. The maximum absolute atomic E-state index is 13.4. The van der Waals surface area contributed by atoms with Crippen LogP contribution in [0.3, 0.4) is 0 Å². The maximum atomic E-state index is 13.4. The van der Waals surface area contributed by atoms with Crippen LogP contribution in [0.4, 0.5) is 10.1 Å². The molecule has 0 unspecified atom stereocenters. The molecule has 6 nitrogen and oxygen atoms in total. The van der Waals surface area contributed by atoms with Crippen LogP contribution in [0, 0.1) is 15.9 Å². The lowest BCUT2D eigenvalue weighted by atomic mass is 10.1. The van der Waals surface area contributed by atoms with Crippen LogP contribution < -0.4 is 0 Å². The van der Waals surface area contributed by atoms with E-state index in [4.69, 9.17) is 11.6 Å². The quantitative estimate of drug-likeness (QED) is 0.406. The first-order chi connectivity index (χ1) is 11.5. The average Bonchev–Trinajstić information content (AvgIpc) is 2.91. The lowest BCUT2D eigenvalue weighted by Gasteiger charge is -2.02. The van der Waals surface area contributed by atoms with Crippen molar-refractivity contribution in [2.45, 2.75) is 0 Å². The fourth-order valence-electron chi connectivity index (χ4n) is 2.27. The van der Waals surface area contributed by atoms with Gasteiger partial charge in [0.05, 0.1) is 16.2 Å². The largest absolute Gasteiger partial charge is 0.298 e. The molecule has 0 fully saturated rings. The molecule has 0 spiro atoms. The van der Waals surface area contributed by atoms with Gasteiger partial charge in [-0.3, -0.25) is 14.9 Å². The molecule has 0 N–H and O–H groups in total. The van der Waals surface area contributed by atoms with Crippen molar-refractivity contribution in [3.8, 4) is 16.9 Å². The number of nitro groups is 1. The molecule has 0 atom stereocenters. The number of carbonyl (C=O) groups is 1. The molecule has 0 aliphatic heterocycles. The van der Waals surface area contributed by atoms with Crippen LogP contribution in [0.25, 0.3) is 16.9 Å². The van der Waals surface area contributed by atoms with Crippen molar-refractivity contribution in [2.75, 3.05) is 0 Å². The molecule has 0 aliphatic rings. The number of non-ortho nitro benzene ring substituents is 1. The summed E-state index contributed by atoms with van der Waals surface area (Å²) < 4.78 is 14.6. The molecule has 0 saturated carbocycles. The van der Waals surface area contributed by atoms with Crippen LogP contribution >= 0.6 is 11.6 Å². The second-order valence-electron chi connectivity index (χ2n) is 4.87. The van der Waals surface area contributed by atoms with Gasteiger partial charge in [0.25, 0.3) is 5.69 Å². The van der Waals surface area contributed by atoms with Crippen molar-refractivity contribution >= 4 is 23.6 Å². The van der Waals surface area contributed by atoms with Crippen molar-refractivity contribution in [1.82, 2.24) is 9.78 Å². The van der Waals surface area contributed by atoms with Crippen LogP contribution in [0.2, 0.25) is 5.15 Å². The lowest BCUT2D eigenvalue weighted by molar-refractivity contribution is -0.384. The Labute approximate surface area is 140 Å². The number of carbonyl (C=O) groups excluding carboxylic acids is 1. The van der Waals surface area contributed by atoms with E-state index in [1.165, 1.54) is 41.1 Å². The highest BCUT2D eigenvalue weighted by atomic mass is 35.5. The molecular formula is C16H9ClFN3O3. The Bertz CT molecular complexity index is 955. The van der Waals surface area contributed by atoms with Crippen LogP contribution in [-0.4, -0.2) is 21.0 Å². The number of aldehydes is 1. The number of hydrogen-bond acceptors (Lipinski definition) is 4. The number of rotatable bonds is 4. The minimum absolute atomic E-state index is 0.00948. The fourth-order valence-corrected chi connectivity index (χ4v) is 2.54. The van der Waals surface area contributed by atoms with E-state index >= 15 is 0 Å². The minimum atomic E-state index is -0.547. The monoisotopic (exact) mass is 345 g/mol. The molecule has 0 saturated heterocycles. The average molecular weight is 346 g/mol. The Morgan fingerprint density at radius 1 is 1.21 bits per heavy atom. The zero-order chi connectivity index (χ0) is 17.3. The molecule has 0 radical (unpaired) electrons. The summed E-state index contributed by atoms with van der Waals surface area (Å²) in [6, 6.07) is 11.2. The zero-order valence-electron chi connectivity index (χ0n) is 12.0. The molecule has 120 valence electrons. The number of aromatic nitrogens is 2. The first kappa shape index (κ1) is 15.8. The van der Waals surface area contributed by atoms with Gasteiger partial charge in [0, 0.05) is 17.7 Å². The highest BCUT2D eigenvalue weighted by Gasteiger charge is 2.19. The number of halogens is 2. The summed E-state index contributed by atoms with van der Waals surface area (Å²) in [7, 11) is 0. The summed E-state index contributed by atoms with van der Waals surface area (Å²) in [5.74, 6) is -0.481. The molecular weight excluding hydrogens is 337 g/mol. The number of hydrogen-bond donors (Lipinski definition) is 0. The third kappa shape index (κ3) is 2.77. The Hall–Kier alpha value is -3.06. The van der Waals surface area contributed by atoms with E-state index in [-0.39, 0.29) is 22.1 Å². The zero-order valence-corrected chi connectivity index (χ0v) is 12.8. The van der Waals surface area contributed by atoms with Crippen LogP contribution in [-0.2, 0) is 0 Å². The fraction of sp³-hybridized carbons (Fsp3) is 0. The minimum Gasteiger partial charge on any atom is -0.298 e. The van der Waals surface area contributed by atoms with E-state index in [1.807, 2.05) is 0 Å². The second kappa shape index (κ2) is 6.21. The highest BCUT2D eigenvalue weighted by molar-refractivity contribution is 6.32. The number of nitrogens with zero attached hydrogens (tertiary/aromatic N) is 3. The molecule has 24 heavy (non-hydrogen) atoms. The van der Waals surface area contributed by atoms with Crippen molar-refractivity contribution in [3.05, 3.63) is 75.2 Å². The van der Waals surface area contributed by atoms with E-state index in [9.17, 15) is 19.3 Å². The maximum Gasteiger partial charge on any atom is 0.271 e. The summed E-state index contributed by atoms with van der Waals surface area (Å²) >= 11 is 6.19. The van der Waals surface area contributed by atoms with Gasteiger partial charge in [0.15, 0.2) is 6.29 Å². The highest BCUT2D eigenvalue weighted by Crippen LogP contribution is 2.30. The molecule has 0 amide bonds. The normalized spacial score (nSPS) is 10.6. The Kier molecular flexibility index (Phi) is 4.09. The van der Waals surface area contributed by atoms with Gasteiger partial charge in [0.1, 0.15) is 16.7 Å². The van der Waals surface area contributed by atoms with Crippen LogP contribution in [0.15, 0.2) is 48.5 Å². The van der Waals surface area contributed by atoms with Crippen molar-refractivity contribution in [2.24, 2.45) is 0 Å². The standard InChI is InChI=1S/C16H9ClFN3O3/c17-16-14(9-22)15(10-3-1-4-11(18)7-10)19-20(16)12-5-2-6-13(8-12)21(23)24/h1-9H. The Morgan fingerprint density at radius 3 is 2.62 bits per heavy atom. The van der Waals surface area contributed by atoms with E-state index in [0.29, 0.717) is 17.5 Å². The third-order valence-corrected chi connectivity index (χ3v) is 3.73. The van der Waals surface area contributed by atoms with E-state index in [0.717, 1.165) is 0 Å². The van der Waals surface area contributed by atoms with E-state index < -0.39 is 10.7 Å². The molecule has 1 heterocycles. The third-order valence-electron chi connectivity index (χ3n) is 3.36. The van der Waals surface area contributed by atoms with Crippen molar-refractivity contribution in [3.63, 3.8) is 0 Å². The van der Waals surface area contributed by atoms with Crippen molar-refractivity contribution < 1.29 is 14.1 Å². The molecule has 3 rings (SSSR count). The van der Waals surface area contributed by atoms with Crippen LogP contribution in [0.5, 0.6) is 0 Å². The van der Waals surface area contributed by atoms with Crippen molar-refractivity contribution in [1.29, 1.82) is 0 Å². The molecule has 1 aromatic heterocycles. The van der Waals surface area contributed by atoms with Gasteiger partial charge in [-0.05, 0) is 18.2 Å². The predicted octanol–water partition coefficient (Wildman–Crippen LogP) is 4.05. The molecule has 2 aromatic carbocycles. The van der Waals surface area contributed by atoms with Gasteiger partial charge >= 0.3 is 0 Å². The Balaban J connectivity index is 2.19. The van der Waals surface area contributed by atoms with Gasteiger partial charge in [-0.15, -0.1) is 0 Å². The van der Waals surface area contributed by atoms with E-state index in [2.05, 4.69) is 5.10 Å². The summed E-state index contributed by atoms with van der Waals surface area (Å²) in [4.78, 5) is 21.7. The summed E-state index contributed by atoms with van der Waals surface area (Å²) in [6.45, 7) is 0. The first-order valence-electron chi connectivity index (χ1n) is 6.75. The number of benzene rings is 2. The molecule has 8 heteroatoms. The van der Waals surface area contributed by atoms with Gasteiger partial charge in [-0.2, -0.15) is 5.10 Å². The molecule has 0 aliphatic carbocycles. The first-order valence-corrected chi connectivity index (χ1v) is 7.13. The lowest BCUT2D eigenvalue weighted by Crippen LogP contribution is -1.98. The topological polar surface area (TPSA) is 78.0 Å². The SMILES string of the molecule is O=Cc1c(-c2cccc(F)c2)nn(-c2cccc([N+](=O)[O-])c2)c1Cl. The molecule has 0 bridgehead atoms. The van der Waals surface area contributed by atoms with Gasteiger partial charge in [-0.1, -0.05) is 29.8 Å².